The molecule has 1 aliphatic heterocycles. The minimum atomic E-state index is -0.314. The second-order valence-electron chi connectivity index (χ2n) is 7.42. The summed E-state index contributed by atoms with van der Waals surface area (Å²) in [6.45, 7) is 4.42. The van der Waals surface area contributed by atoms with E-state index in [1.165, 1.54) is 36.1 Å². The van der Waals surface area contributed by atoms with Crippen LogP contribution >= 0.6 is 0 Å². The van der Waals surface area contributed by atoms with Crippen LogP contribution in [0.5, 0.6) is 0 Å². The van der Waals surface area contributed by atoms with Crippen LogP contribution < -0.4 is 15.8 Å². The number of aryl methyl sites for hydroxylation is 1. The predicted octanol–water partition coefficient (Wildman–Crippen LogP) is 4.05. The van der Waals surface area contributed by atoms with Crippen molar-refractivity contribution >= 4 is 28.1 Å². The molecule has 0 bridgehead atoms. The zero-order valence-corrected chi connectivity index (χ0v) is 16.7. The number of carbonyl (C=O) groups excluding carboxylic acids is 1. The molecule has 0 saturated carbocycles. The number of hydrogen-bond acceptors (Lipinski definition) is 4. The molecule has 0 radical (unpaired) electrons. The quantitative estimate of drug-likeness (QED) is 0.730. The molecule has 1 aromatic heterocycles. The number of nitrogens with one attached hydrogen (secondary N) is 1. The molecule has 1 N–H and O–H groups in total. The average Bonchev–Trinajstić information content (AvgIpc) is 3.04. The van der Waals surface area contributed by atoms with Crippen molar-refractivity contribution in [1.82, 2.24) is 9.78 Å². The van der Waals surface area contributed by atoms with Gasteiger partial charge in [-0.25, -0.2) is 4.68 Å². The highest BCUT2D eigenvalue weighted by molar-refractivity contribution is 6.11. The first-order valence-corrected chi connectivity index (χ1v) is 10.3. The van der Waals surface area contributed by atoms with E-state index in [-0.39, 0.29) is 17.2 Å². The summed E-state index contributed by atoms with van der Waals surface area (Å²) in [6.07, 6.45) is 5.05. The van der Waals surface area contributed by atoms with Crippen molar-refractivity contribution in [2.75, 3.05) is 23.3 Å². The molecule has 150 valence electrons. The molecule has 0 unspecified atom stereocenters. The zero-order valence-electron chi connectivity index (χ0n) is 16.7. The summed E-state index contributed by atoms with van der Waals surface area (Å²) >= 11 is 0. The van der Waals surface area contributed by atoms with Crippen molar-refractivity contribution in [2.24, 2.45) is 0 Å². The lowest BCUT2D eigenvalue weighted by atomic mass is 10.1. The van der Waals surface area contributed by atoms with Gasteiger partial charge in [-0.1, -0.05) is 31.0 Å². The molecule has 2 heterocycles. The second kappa shape index (κ2) is 8.47. The van der Waals surface area contributed by atoms with E-state index in [4.69, 9.17) is 0 Å². The molecule has 0 spiro atoms. The number of hydrogen-bond donors (Lipinski definition) is 1. The van der Waals surface area contributed by atoms with E-state index in [2.05, 4.69) is 27.4 Å². The average molecular weight is 390 g/mol. The van der Waals surface area contributed by atoms with E-state index in [1.54, 1.807) is 18.2 Å². The standard InChI is InChI=1S/C23H26N4O2/c1-2-27-23(29)20-10-6-5-9-19(20)21(25-27)22(28)24-17-11-13-18(14-12-17)26-15-7-3-4-8-16-26/h5-6,9-14H,2-4,7-8,15-16H2,1H3,(H,24,28). The van der Waals surface area contributed by atoms with Gasteiger partial charge in [-0.05, 0) is 50.1 Å². The monoisotopic (exact) mass is 390 g/mol. The molecular weight excluding hydrogens is 364 g/mol. The first-order chi connectivity index (χ1) is 14.2. The fourth-order valence-corrected chi connectivity index (χ4v) is 3.89. The minimum absolute atomic E-state index is 0.179. The Hall–Kier alpha value is -3.15. The van der Waals surface area contributed by atoms with Gasteiger partial charge in [0.2, 0.25) is 0 Å². The van der Waals surface area contributed by atoms with Crippen molar-refractivity contribution in [1.29, 1.82) is 0 Å². The van der Waals surface area contributed by atoms with Crippen LogP contribution in [0.2, 0.25) is 0 Å². The molecule has 1 saturated heterocycles. The van der Waals surface area contributed by atoms with E-state index < -0.39 is 0 Å². The Morgan fingerprint density at radius 3 is 2.28 bits per heavy atom. The van der Waals surface area contributed by atoms with Gasteiger partial charge >= 0.3 is 0 Å². The van der Waals surface area contributed by atoms with Crippen LogP contribution in [0.1, 0.15) is 43.1 Å². The van der Waals surface area contributed by atoms with Gasteiger partial charge in [-0.15, -0.1) is 0 Å². The summed E-state index contributed by atoms with van der Waals surface area (Å²) in [5.41, 5.74) is 1.99. The highest BCUT2D eigenvalue weighted by Gasteiger charge is 2.17. The van der Waals surface area contributed by atoms with Crippen LogP contribution in [0.3, 0.4) is 0 Å². The van der Waals surface area contributed by atoms with Crippen molar-refractivity contribution in [3.63, 3.8) is 0 Å². The van der Waals surface area contributed by atoms with Gasteiger partial charge in [-0.2, -0.15) is 5.10 Å². The predicted molar refractivity (Wildman–Crippen MR) is 117 cm³/mol. The number of amides is 1. The number of aromatic nitrogens is 2. The van der Waals surface area contributed by atoms with Gasteiger partial charge in [0.1, 0.15) is 0 Å². The van der Waals surface area contributed by atoms with E-state index in [9.17, 15) is 9.59 Å². The number of carbonyl (C=O) groups is 1. The van der Waals surface area contributed by atoms with Gasteiger partial charge in [-0.3, -0.25) is 9.59 Å². The van der Waals surface area contributed by atoms with Crippen LogP contribution in [-0.2, 0) is 6.54 Å². The van der Waals surface area contributed by atoms with Crippen molar-refractivity contribution < 1.29 is 4.79 Å². The van der Waals surface area contributed by atoms with Gasteiger partial charge in [0, 0.05) is 36.4 Å². The summed E-state index contributed by atoms with van der Waals surface area (Å²) in [6, 6.07) is 15.1. The molecule has 2 aromatic carbocycles. The number of nitrogens with zero attached hydrogens (tertiary/aromatic N) is 3. The second-order valence-corrected chi connectivity index (χ2v) is 7.42. The van der Waals surface area contributed by atoms with E-state index in [0.29, 0.717) is 23.0 Å². The Kier molecular flexibility index (Phi) is 5.60. The summed E-state index contributed by atoms with van der Waals surface area (Å²) in [4.78, 5) is 27.8. The van der Waals surface area contributed by atoms with E-state index in [0.717, 1.165) is 13.1 Å². The summed E-state index contributed by atoms with van der Waals surface area (Å²) in [5.74, 6) is -0.314. The molecule has 0 aliphatic carbocycles. The molecule has 0 atom stereocenters. The molecule has 6 heteroatoms. The van der Waals surface area contributed by atoms with Crippen LogP contribution in [0.25, 0.3) is 10.8 Å². The molecular formula is C23H26N4O2. The highest BCUT2D eigenvalue weighted by atomic mass is 16.2. The SMILES string of the molecule is CCn1nc(C(=O)Nc2ccc(N3CCCCCC3)cc2)c2ccccc2c1=O. The van der Waals surface area contributed by atoms with Crippen molar-refractivity contribution in [2.45, 2.75) is 39.2 Å². The minimum Gasteiger partial charge on any atom is -0.372 e. The molecule has 29 heavy (non-hydrogen) atoms. The van der Waals surface area contributed by atoms with Crippen molar-refractivity contribution in [3.05, 3.63) is 64.6 Å². The molecule has 6 nitrogen and oxygen atoms in total. The Balaban J connectivity index is 1.58. The third-order valence-electron chi connectivity index (χ3n) is 5.48. The number of benzene rings is 2. The normalized spacial score (nSPS) is 14.6. The molecule has 3 aromatic rings. The Labute approximate surface area is 170 Å². The molecule has 1 fully saturated rings. The first-order valence-electron chi connectivity index (χ1n) is 10.3. The molecule has 1 amide bonds. The lowest BCUT2D eigenvalue weighted by molar-refractivity contribution is 0.102. The van der Waals surface area contributed by atoms with Crippen LogP contribution in [0.15, 0.2) is 53.3 Å². The fourth-order valence-electron chi connectivity index (χ4n) is 3.89. The lowest BCUT2D eigenvalue weighted by Gasteiger charge is -2.22. The van der Waals surface area contributed by atoms with Crippen LogP contribution in [0, 0.1) is 0 Å². The van der Waals surface area contributed by atoms with Gasteiger partial charge in [0.15, 0.2) is 5.69 Å². The summed E-state index contributed by atoms with van der Waals surface area (Å²) in [5, 5.41) is 8.30. The maximum Gasteiger partial charge on any atom is 0.276 e. The number of fused-ring (bicyclic) bond motifs is 1. The maximum atomic E-state index is 12.9. The summed E-state index contributed by atoms with van der Waals surface area (Å²) < 4.78 is 1.33. The van der Waals surface area contributed by atoms with Crippen LogP contribution in [0.4, 0.5) is 11.4 Å². The van der Waals surface area contributed by atoms with Gasteiger partial charge in [0.25, 0.3) is 11.5 Å². The Morgan fingerprint density at radius 1 is 0.966 bits per heavy atom. The Bertz CT molecular complexity index is 1060. The fraction of sp³-hybridized carbons (Fsp3) is 0.348. The third kappa shape index (κ3) is 4.01. The topological polar surface area (TPSA) is 67.2 Å². The van der Waals surface area contributed by atoms with Gasteiger partial charge < -0.3 is 10.2 Å². The maximum absolute atomic E-state index is 12.9. The van der Waals surface area contributed by atoms with E-state index >= 15 is 0 Å². The third-order valence-corrected chi connectivity index (χ3v) is 5.48. The van der Waals surface area contributed by atoms with Crippen LogP contribution in [-0.4, -0.2) is 28.8 Å². The smallest absolute Gasteiger partial charge is 0.276 e. The van der Waals surface area contributed by atoms with Crippen molar-refractivity contribution in [3.8, 4) is 0 Å². The molecule has 1 aliphatic rings. The summed E-state index contributed by atoms with van der Waals surface area (Å²) in [7, 11) is 0. The lowest BCUT2D eigenvalue weighted by Crippen LogP contribution is -2.27. The number of anilines is 2. The van der Waals surface area contributed by atoms with E-state index in [1.807, 2.05) is 25.1 Å². The highest BCUT2D eigenvalue weighted by Crippen LogP contribution is 2.22. The van der Waals surface area contributed by atoms with Gasteiger partial charge in [0.05, 0.1) is 5.39 Å². The zero-order chi connectivity index (χ0) is 20.2. The Morgan fingerprint density at radius 2 is 1.62 bits per heavy atom. The number of rotatable bonds is 4. The molecule has 4 rings (SSSR count). The first kappa shape index (κ1) is 19.2. The largest absolute Gasteiger partial charge is 0.372 e.